The van der Waals surface area contributed by atoms with Crippen LogP contribution in [0.25, 0.3) is 32.9 Å². The van der Waals surface area contributed by atoms with Crippen LogP contribution in [0.1, 0.15) is 62.5 Å². The Bertz CT molecular complexity index is 2080. The van der Waals surface area contributed by atoms with E-state index in [1.807, 2.05) is 24.0 Å². The van der Waals surface area contributed by atoms with Crippen LogP contribution in [0.15, 0.2) is 37.1 Å². The summed E-state index contributed by atoms with van der Waals surface area (Å²) >= 11 is 0. The van der Waals surface area contributed by atoms with E-state index in [0.717, 1.165) is 123 Å². The molecule has 6 heterocycles. The number of carbonyl (C=O) groups is 1. The maximum atomic E-state index is 14.1. The van der Waals surface area contributed by atoms with E-state index in [9.17, 15) is 18.0 Å². The molecule has 10 nitrogen and oxygen atoms in total. The number of nitrogens with zero attached hydrogens (tertiary/aromatic N) is 7. The molecule has 1 amide bonds. The first-order chi connectivity index (χ1) is 25.5. The second-order valence-corrected chi connectivity index (χ2v) is 16.3. The first kappa shape index (κ1) is 34.4. The van der Waals surface area contributed by atoms with E-state index in [-0.39, 0.29) is 23.0 Å². The number of H-pyrrole nitrogens is 1. The highest BCUT2D eigenvalue weighted by Crippen LogP contribution is 2.53. The summed E-state index contributed by atoms with van der Waals surface area (Å²) in [6.45, 7) is 13.1. The molecule has 1 spiro atoms. The van der Waals surface area contributed by atoms with Crippen LogP contribution in [0.4, 0.5) is 24.9 Å². The van der Waals surface area contributed by atoms with Crippen LogP contribution in [0, 0.1) is 18.3 Å². The summed E-state index contributed by atoms with van der Waals surface area (Å²) in [5, 5.41) is 8.93. The summed E-state index contributed by atoms with van der Waals surface area (Å²) in [6, 6.07) is 6.47. The minimum Gasteiger partial charge on any atom is -0.481 e. The van der Waals surface area contributed by atoms with Crippen molar-refractivity contribution < 1.29 is 22.7 Å². The number of carbonyl (C=O) groups excluding carboxylic acids is 1. The first-order valence-corrected chi connectivity index (χ1v) is 19.2. The van der Waals surface area contributed by atoms with E-state index in [4.69, 9.17) is 14.7 Å². The summed E-state index contributed by atoms with van der Waals surface area (Å²) < 4.78 is 48.4. The third-order valence-electron chi connectivity index (χ3n) is 12.5. The van der Waals surface area contributed by atoms with Crippen molar-refractivity contribution in [3.8, 4) is 16.9 Å². The molecule has 1 N–H and O–H groups in total. The summed E-state index contributed by atoms with van der Waals surface area (Å²) in [5.74, 6) is 2.27. The molecule has 5 aliphatic rings. The average molecular weight is 729 g/mol. The van der Waals surface area contributed by atoms with Gasteiger partial charge in [-0.05, 0) is 98.7 Å². The van der Waals surface area contributed by atoms with E-state index < -0.39 is 12.8 Å². The van der Waals surface area contributed by atoms with Crippen molar-refractivity contribution in [3.63, 3.8) is 0 Å². The van der Waals surface area contributed by atoms with Gasteiger partial charge in [0.2, 0.25) is 11.9 Å². The number of amides is 1. The Balaban J connectivity index is 1.20. The average Bonchev–Trinajstić information content (AvgIpc) is 3.45. The molecule has 0 unspecified atom stereocenters. The van der Waals surface area contributed by atoms with Crippen molar-refractivity contribution in [3.05, 3.63) is 48.2 Å². The molecule has 4 aliphatic heterocycles. The van der Waals surface area contributed by atoms with Gasteiger partial charge in [0.15, 0.2) is 12.4 Å². The van der Waals surface area contributed by atoms with Crippen LogP contribution >= 0.6 is 0 Å². The van der Waals surface area contributed by atoms with Crippen molar-refractivity contribution in [2.45, 2.75) is 70.5 Å². The number of aryl methyl sites for hydroxylation is 1. The minimum absolute atomic E-state index is 0.0343. The smallest absolute Gasteiger partial charge is 0.422 e. The number of hydrogen-bond acceptors (Lipinski definition) is 8. The highest BCUT2D eigenvalue weighted by molar-refractivity contribution is 6.06. The molecule has 9 rings (SSSR count). The van der Waals surface area contributed by atoms with Crippen molar-refractivity contribution >= 4 is 39.5 Å². The lowest BCUT2D eigenvalue weighted by Crippen LogP contribution is -2.61. The highest BCUT2D eigenvalue weighted by Gasteiger charge is 2.47. The van der Waals surface area contributed by atoms with Gasteiger partial charge in [0, 0.05) is 73.6 Å². The first-order valence-electron chi connectivity index (χ1n) is 19.2. The number of halogens is 3. The van der Waals surface area contributed by atoms with E-state index in [2.05, 4.69) is 44.5 Å². The number of ether oxygens (including phenoxy) is 1. The summed E-state index contributed by atoms with van der Waals surface area (Å²) in [4.78, 5) is 31.7. The van der Waals surface area contributed by atoms with Gasteiger partial charge in [0.25, 0.3) is 0 Å². The molecule has 4 saturated heterocycles. The molecule has 13 heteroatoms. The van der Waals surface area contributed by atoms with Gasteiger partial charge in [0.05, 0.1) is 11.7 Å². The van der Waals surface area contributed by atoms with Crippen LogP contribution in [0.3, 0.4) is 0 Å². The van der Waals surface area contributed by atoms with Crippen LogP contribution in [-0.4, -0.2) is 107 Å². The Morgan fingerprint density at radius 2 is 1.81 bits per heavy atom. The zero-order valence-electron chi connectivity index (χ0n) is 30.5. The maximum absolute atomic E-state index is 14.1. The Morgan fingerprint density at radius 1 is 1.02 bits per heavy atom. The van der Waals surface area contributed by atoms with E-state index in [1.165, 1.54) is 12.5 Å². The van der Waals surface area contributed by atoms with Crippen molar-refractivity contribution in [1.29, 1.82) is 0 Å². The summed E-state index contributed by atoms with van der Waals surface area (Å²) in [6.07, 6.45) is 4.43. The van der Waals surface area contributed by atoms with Crippen molar-refractivity contribution in [1.82, 2.24) is 30.0 Å². The molecule has 1 aliphatic carbocycles. The number of alkyl halides is 3. The van der Waals surface area contributed by atoms with Crippen LogP contribution in [0.2, 0.25) is 0 Å². The number of aromatic amines is 1. The summed E-state index contributed by atoms with van der Waals surface area (Å²) in [5.41, 5.74) is 4.69. The van der Waals surface area contributed by atoms with Crippen molar-refractivity contribution in [2.75, 3.05) is 68.8 Å². The van der Waals surface area contributed by atoms with E-state index in [1.54, 1.807) is 6.20 Å². The predicted octanol–water partition coefficient (Wildman–Crippen LogP) is 6.84. The van der Waals surface area contributed by atoms with Crippen LogP contribution < -0.4 is 14.5 Å². The van der Waals surface area contributed by atoms with Gasteiger partial charge in [-0.3, -0.25) is 14.8 Å². The number of aromatic nitrogens is 4. The second-order valence-electron chi connectivity index (χ2n) is 16.3. The van der Waals surface area contributed by atoms with Crippen molar-refractivity contribution in [2.24, 2.45) is 11.3 Å². The number of anilines is 2. The number of benzene rings is 2. The molecule has 0 bridgehead atoms. The maximum Gasteiger partial charge on any atom is 0.422 e. The minimum atomic E-state index is -4.55. The third kappa shape index (κ3) is 6.28. The van der Waals surface area contributed by atoms with Gasteiger partial charge in [-0.1, -0.05) is 19.6 Å². The Morgan fingerprint density at radius 3 is 2.51 bits per heavy atom. The zero-order valence-corrected chi connectivity index (χ0v) is 30.5. The lowest BCUT2D eigenvalue weighted by molar-refractivity contribution is -0.153. The Kier molecular flexibility index (Phi) is 8.36. The molecule has 1 saturated carbocycles. The molecule has 2 aromatic carbocycles. The number of rotatable bonds is 8. The predicted molar refractivity (Wildman–Crippen MR) is 200 cm³/mol. The zero-order chi connectivity index (χ0) is 36.6. The van der Waals surface area contributed by atoms with Crippen LogP contribution in [0.5, 0.6) is 5.75 Å². The van der Waals surface area contributed by atoms with Gasteiger partial charge >= 0.3 is 6.18 Å². The highest BCUT2D eigenvalue weighted by atomic mass is 19.4. The molecule has 5 fully saturated rings. The fourth-order valence-electron chi connectivity index (χ4n) is 9.42. The molecule has 53 heavy (non-hydrogen) atoms. The second kappa shape index (κ2) is 12.9. The van der Waals surface area contributed by atoms with Gasteiger partial charge in [0.1, 0.15) is 11.3 Å². The number of nitrogens with one attached hydrogen (secondary N) is 1. The quantitative estimate of drug-likeness (QED) is 0.198. The number of fused-ring (bicyclic) bond motifs is 2. The van der Waals surface area contributed by atoms with Gasteiger partial charge in [-0.15, -0.1) is 0 Å². The lowest BCUT2D eigenvalue weighted by Gasteiger charge is -2.54. The topological polar surface area (TPSA) is 93.7 Å². The molecular formula is C40H47F3N8O2. The molecule has 2 aromatic heterocycles. The molecule has 280 valence electrons. The fraction of sp³-hybridized carbons (Fsp3) is 0.550. The molecule has 0 radical (unpaired) electrons. The van der Waals surface area contributed by atoms with Crippen LogP contribution in [-0.2, 0) is 4.79 Å². The number of piperidine rings is 1. The standard InChI is InChI=1S/C40H47F3N8O2/c1-4-32(52)51-21-39(22-51)11-15-48(16-12-39)37-29-17-28(26-6-7-26)34(33-25(3)5-8-31-30(33)18-44-47-31)36(53-23-40(41,42)43)35(29)45-38(46-37)50-14-10-27(20-50)49-13-9-24(2)19-49/h4-5,8,17-18,24,26-27H,1,6-7,9-16,19-23H2,2-3H3,(H,44,47)/t24-,27-/m1/s1. The van der Waals surface area contributed by atoms with E-state index in [0.29, 0.717) is 29.0 Å². The van der Waals surface area contributed by atoms with Gasteiger partial charge in [-0.2, -0.15) is 23.3 Å². The molecular weight excluding hydrogens is 681 g/mol. The van der Waals surface area contributed by atoms with Gasteiger partial charge in [-0.25, -0.2) is 4.98 Å². The summed E-state index contributed by atoms with van der Waals surface area (Å²) in [7, 11) is 0. The number of hydrogen-bond donors (Lipinski definition) is 1. The molecule has 4 aromatic rings. The monoisotopic (exact) mass is 728 g/mol. The van der Waals surface area contributed by atoms with Gasteiger partial charge < -0.3 is 19.4 Å². The lowest BCUT2D eigenvalue weighted by atomic mass is 9.72. The van der Waals surface area contributed by atoms with E-state index >= 15 is 0 Å². The Hall–Kier alpha value is -4.39. The third-order valence-corrected chi connectivity index (χ3v) is 12.5. The number of likely N-dealkylation sites (tertiary alicyclic amines) is 2. The SMILES string of the molecule is C=CC(=O)N1CC2(CCN(c3nc(N4CC[C@@H](N5CC[C@@H](C)C5)C4)nc4c(OCC(F)(F)F)c(-c5c(C)ccc6[nH]ncc56)c(C5CC5)cc34)CC2)C1. The molecule has 2 atom stereocenters. The Labute approximate surface area is 307 Å². The fourth-order valence-corrected chi connectivity index (χ4v) is 9.42. The normalized spacial score (nSPS) is 23.4. The largest absolute Gasteiger partial charge is 0.481 e.